The van der Waals surface area contributed by atoms with E-state index in [1.807, 2.05) is 60.7 Å². The number of nitrogens with one attached hydrogen (secondary N) is 2. The Morgan fingerprint density at radius 1 is 0.912 bits per heavy atom. The average Bonchev–Trinajstić information content (AvgIpc) is 2.88. The number of benzene rings is 3. The molecule has 0 radical (unpaired) electrons. The fourth-order valence-corrected chi connectivity index (χ4v) is 3.84. The van der Waals surface area contributed by atoms with Crippen LogP contribution in [0, 0.1) is 0 Å². The van der Waals surface area contributed by atoms with Gasteiger partial charge in [0.15, 0.2) is 6.61 Å². The smallest absolute Gasteiger partial charge is 0.329 e. The minimum atomic E-state index is -0.938. The topological polar surface area (TPSA) is 93.7 Å². The minimum Gasteiger partial charge on any atom is -0.493 e. The summed E-state index contributed by atoms with van der Waals surface area (Å²) in [5, 5.41) is 5.64. The second kappa shape index (κ2) is 11.1. The molecule has 2 unspecified atom stereocenters. The standard InChI is InChI=1S/C27H26N2O5/c30-25(28-22-15-16-33-24-14-8-7-13-21(22)24)18-34-27(32)23(17-19-9-3-1-4-10-19)29-26(31)20-11-5-2-6-12-20/h1-14,22-23H,15-18H2,(H,28,30)(H,29,31). The van der Waals surface area contributed by atoms with Gasteiger partial charge in [-0.1, -0.05) is 66.7 Å². The first-order valence-electron chi connectivity index (χ1n) is 11.2. The number of para-hydroxylation sites is 1. The van der Waals surface area contributed by atoms with Crippen LogP contribution in [0.5, 0.6) is 5.75 Å². The molecule has 2 N–H and O–H groups in total. The Labute approximate surface area is 198 Å². The van der Waals surface area contributed by atoms with Gasteiger partial charge in [-0.25, -0.2) is 4.79 Å². The van der Waals surface area contributed by atoms with Crippen LogP contribution < -0.4 is 15.4 Å². The van der Waals surface area contributed by atoms with E-state index in [1.54, 1.807) is 24.3 Å². The van der Waals surface area contributed by atoms with Gasteiger partial charge >= 0.3 is 5.97 Å². The fourth-order valence-electron chi connectivity index (χ4n) is 3.84. The van der Waals surface area contributed by atoms with Crippen molar-refractivity contribution in [3.8, 4) is 5.75 Å². The van der Waals surface area contributed by atoms with E-state index in [0.717, 1.165) is 16.9 Å². The van der Waals surface area contributed by atoms with Crippen LogP contribution in [-0.2, 0) is 20.7 Å². The Bertz CT molecular complexity index is 1130. The molecule has 0 aliphatic carbocycles. The molecule has 0 bridgehead atoms. The van der Waals surface area contributed by atoms with Crippen molar-refractivity contribution in [2.75, 3.05) is 13.2 Å². The molecule has 0 spiro atoms. The summed E-state index contributed by atoms with van der Waals surface area (Å²) in [4.78, 5) is 38.1. The van der Waals surface area contributed by atoms with Crippen molar-refractivity contribution in [3.05, 3.63) is 102 Å². The van der Waals surface area contributed by atoms with E-state index >= 15 is 0 Å². The van der Waals surface area contributed by atoms with Gasteiger partial charge in [-0.15, -0.1) is 0 Å². The van der Waals surface area contributed by atoms with E-state index in [4.69, 9.17) is 9.47 Å². The second-order valence-corrected chi connectivity index (χ2v) is 7.98. The highest BCUT2D eigenvalue weighted by molar-refractivity contribution is 5.97. The van der Waals surface area contributed by atoms with Crippen LogP contribution in [0.25, 0.3) is 0 Å². The number of carbonyl (C=O) groups excluding carboxylic acids is 3. The lowest BCUT2D eigenvalue weighted by Gasteiger charge is -2.26. The summed E-state index contributed by atoms with van der Waals surface area (Å²) in [5.74, 6) is -0.733. The number of carbonyl (C=O) groups is 3. The zero-order valence-electron chi connectivity index (χ0n) is 18.6. The van der Waals surface area contributed by atoms with Crippen molar-refractivity contribution in [2.45, 2.75) is 24.9 Å². The van der Waals surface area contributed by atoms with Gasteiger partial charge in [0.1, 0.15) is 11.8 Å². The van der Waals surface area contributed by atoms with Gasteiger partial charge in [0.25, 0.3) is 11.8 Å². The zero-order valence-corrected chi connectivity index (χ0v) is 18.6. The monoisotopic (exact) mass is 458 g/mol. The Morgan fingerprint density at radius 2 is 1.59 bits per heavy atom. The molecule has 2 amide bonds. The number of rotatable bonds is 8. The maximum atomic E-state index is 12.9. The van der Waals surface area contributed by atoms with Gasteiger partial charge < -0.3 is 20.1 Å². The molecule has 1 heterocycles. The lowest BCUT2D eigenvalue weighted by molar-refractivity contribution is -0.150. The average molecular weight is 459 g/mol. The molecule has 7 heteroatoms. The molecule has 0 aromatic heterocycles. The van der Waals surface area contributed by atoms with Crippen LogP contribution in [0.1, 0.15) is 33.9 Å². The predicted octanol–water partition coefficient (Wildman–Crippen LogP) is 3.21. The summed E-state index contributed by atoms with van der Waals surface area (Å²) in [6.07, 6.45) is 0.869. The van der Waals surface area contributed by atoms with Gasteiger partial charge in [0.05, 0.1) is 12.6 Å². The zero-order chi connectivity index (χ0) is 23.8. The Hall–Kier alpha value is -4.13. The summed E-state index contributed by atoms with van der Waals surface area (Å²) in [7, 11) is 0. The fraction of sp³-hybridized carbons (Fsp3) is 0.222. The van der Waals surface area contributed by atoms with E-state index in [9.17, 15) is 14.4 Å². The van der Waals surface area contributed by atoms with E-state index < -0.39 is 24.5 Å². The molecule has 1 aliphatic rings. The highest BCUT2D eigenvalue weighted by Gasteiger charge is 2.26. The van der Waals surface area contributed by atoms with Crippen LogP contribution in [0.15, 0.2) is 84.9 Å². The van der Waals surface area contributed by atoms with Gasteiger partial charge in [0.2, 0.25) is 0 Å². The molecular formula is C27H26N2O5. The molecule has 3 aromatic carbocycles. The van der Waals surface area contributed by atoms with E-state index in [2.05, 4.69) is 10.6 Å². The van der Waals surface area contributed by atoms with Crippen molar-refractivity contribution in [1.82, 2.24) is 10.6 Å². The van der Waals surface area contributed by atoms with Crippen molar-refractivity contribution >= 4 is 17.8 Å². The number of amides is 2. The molecule has 1 aliphatic heterocycles. The van der Waals surface area contributed by atoms with Gasteiger partial charge in [0, 0.05) is 24.0 Å². The first-order chi connectivity index (χ1) is 16.6. The number of fused-ring (bicyclic) bond motifs is 1. The van der Waals surface area contributed by atoms with Gasteiger partial charge in [-0.3, -0.25) is 9.59 Å². The predicted molar refractivity (Wildman–Crippen MR) is 126 cm³/mol. The van der Waals surface area contributed by atoms with Crippen LogP contribution in [0.2, 0.25) is 0 Å². The first kappa shape index (κ1) is 23.0. The first-order valence-corrected chi connectivity index (χ1v) is 11.2. The normalized spacial score (nSPS) is 15.2. The van der Waals surface area contributed by atoms with Crippen molar-refractivity contribution in [2.24, 2.45) is 0 Å². The van der Waals surface area contributed by atoms with Gasteiger partial charge in [-0.2, -0.15) is 0 Å². The highest BCUT2D eigenvalue weighted by atomic mass is 16.5. The molecule has 4 rings (SSSR count). The quantitative estimate of drug-likeness (QED) is 0.506. The third kappa shape index (κ3) is 6.01. The highest BCUT2D eigenvalue weighted by Crippen LogP contribution is 2.31. The molecule has 0 fully saturated rings. The van der Waals surface area contributed by atoms with Crippen LogP contribution >= 0.6 is 0 Å². The largest absolute Gasteiger partial charge is 0.493 e. The Morgan fingerprint density at radius 3 is 2.35 bits per heavy atom. The summed E-state index contributed by atoms with van der Waals surface area (Å²) in [6, 6.07) is 24.3. The molecular weight excluding hydrogens is 432 g/mol. The third-order valence-corrected chi connectivity index (χ3v) is 5.55. The van der Waals surface area contributed by atoms with E-state index in [0.29, 0.717) is 18.6 Å². The Kier molecular flexibility index (Phi) is 7.55. The molecule has 0 saturated carbocycles. The van der Waals surface area contributed by atoms with Gasteiger partial charge in [-0.05, 0) is 23.8 Å². The number of hydrogen-bond acceptors (Lipinski definition) is 5. The third-order valence-electron chi connectivity index (χ3n) is 5.55. The lowest BCUT2D eigenvalue weighted by atomic mass is 10.0. The molecule has 174 valence electrons. The SMILES string of the molecule is O=C(COC(=O)C(Cc1ccccc1)NC(=O)c1ccccc1)NC1CCOc2ccccc21. The second-order valence-electron chi connectivity index (χ2n) is 7.98. The summed E-state index contributed by atoms with van der Waals surface area (Å²) < 4.78 is 10.9. The molecule has 0 saturated heterocycles. The maximum absolute atomic E-state index is 12.9. The number of hydrogen-bond donors (Lipinski definition) is 2. The molecule has 3 aromatic rings. The van der Waals surface area contributed by atoms with Crippen molar-refractivity contribution < 1.29 is 23.9 Å². The summed E-state index contributed by atoms with van der Waals surface area (Å²) >= 11 is 0. The van der Waals surface area contributed by atoms with Crippen LogP contribution in [0.3, 0.4) is 0 Å². The number of ether oxygens (including phenoxy) is 2. The van der Waals surface area contributed by atoms with Crippen LogP contribution in [0.4, 0.5) is 0 Å². The van der Waals surface area contributed by atoms with Crippen molar-refractivity contribution in [1.29, 1.82) is 0 Å². The van der Waals surface area contributed by atoms with Crippen molar-refractivity contribution in [3.63, 3.8) is 0 Å². The summed E-state index contributed by atoms with van der Waals surface area (Å²) in [5.41, 5.74) is 2.19. The number of esters is 1. The molecule has 7 nitrogen and oxygen atoms in total. The Balaban J connectivity index is 1.38. The summed E-state index contributed by atoms with van der Waals surface area (Å²) in [6.45, 7) is 0.0528. The molecule has 34 heavy (non-hydrogen) atoms. The maximum Gasteiger partial charge on any atom is 0.329 e. The van der Waals surface area contributed by atoms with Crippen LogP contribution in [-0.4, -0.2) is 37.0 Å². The van der Waals surface area contributed by atoms with E-state index in [-0.39, 0.29) is 18.4 Å². The van der Waals surface area contributed by atoms with E-state index in [1.165, 1.54) is 0 Å². The minimum absolute atomic E-state index is 0.214. The lowest BCUT2D eigenvalue weighted by Crippen LogP contribution is -2.44. The molecule has 2 atom stereocenters.